The highest BCUT2D eigenvalue weighted by molar-refractivity contribution is 5.12. The van der Waals surface area contributed by atoms with Crippen LogP contribution in [-0.2, 0) is 0 Å². The zero-order chi connectivity index (χ0) is 8.53. The van der Waals surface area contributed by atoms with Crippen LogP contribution in [0, 0.1) is 0 Å². The molecule has 0 spiro atoms. The van der Waals surface area contributed by atoms with Crippen LogP contribution in [0.2, 0.25) is 0 Å². The van der Waals surface area contributed by atoms with Crippen molar-refractivity contribution in [3.8, 4) is 0 Å². The molecule has 0 bridgehead atoms. The van der Waals surface area contributed by atoms with E-state index in [0.717, 1.165) is 6.42 Å². The first-order valence-corrected chi connectivity index (χ1v) is 3.87. The minimum atomic E-state index is 1.04. The van der Waals surface area contributed by atoms with Crippen LogP contribution in [0.5, 0.6) is 0 Å². The number of allylic oxidation sites excluding steroid dienone is 7. The van der Waals surface area contributed by atoms with Gasteiger partial charge in [0.25, 0.3) is 0 Å². The van der Waals surface area contributed by atoms with Gasteiger partial charge in [0, 0.05) is 0 Å². The molecule has 0 nitrogen and oxygen atoms in total. The molecular formula is C11H16. The van der Waals surface area contributed by atoms with E-state index < -0.39 is 0 Å². The molecule has 0 fully saturated rings. The second kappa shape index (κ2) is 7.07. The monoisotopic (exact) mass is 148 g/mol. The molecule has 0 aromatic heterocycles. The molecule has 0 aromatic carbocycles. The van der Waals surface area contributed by atoms with Crippen molar-refractivity contribution in [3.05, 3.63) is 48.6 Å². The van der Waals surface area contributed by atoms with E-state index in [1.165, 1.54) is 5.57 Å². The summed E-state index contributed by atoms with van der Waals surface area (Å²) in [6, 6.07) is 0. The fourth-order valence-corrected chi connectivity index (χ4v) is 0.593. The molecule has 0 aliphatic rings. The lowest BCUT2D eigenvalue weighted by atomic mass is 10.2. The smallest absolute Gasteiger partial charge is 0.0139 e. The lowest BCUT2D eigenvalue weighted by Crippen LogP contribution is -1.68. The molecule has 0 heteroatoms. The van der Waals surface area contributed by atoms with Crippen molar-refractivity contribution in [1.29, 1.82) is 0 Å². The van der Waals surface area contributed by atoms with E-state index in [-0.39, 0.29) is 0 Å². The zero-order valence-corrected chi connectivity index (χ0v) is 7.38. The van der Waals surface area contributed by atoms with Gasteiger partial charge in [-0.1, -0.05) is 48.6 Å². The Bertz CT molecular complexity index is 180. The first-order chi connectivity index (χ1) is 5.31. The molecule has 60 valence electrons. The summed E-state index contributed by atoms with van der Waals surface area (Å²) in [5, 5.41) is 0. The van der Waals surface area contributed by atoms with Crippen molar-refractivity contribution in [2.75, 3.05) is 0 Å². The Morgan fingerprint density at radius 2 is 2.00 bits per heavy atom. The van der Waals surface area contributed by atoms with Gasteiger partial charge in [-0.2, -0.15) is 0 Å². The summed E-state index contributed by atoms with van der Waals surface area (Å²) < 4.78 is 0. The average Bonchev–Trinajstić information content (AvgIpc) is 2.04. The van der Waals surface area contributed by atoms with E-state index in [1.54, 1.807) is 6.08 Å². The SMILES string of the molecule is C=C/C=C\C=C/C/C(C)=C/C. The van der Waals surface area contributed by atoms with Crippen LogP contribution in [0.4, 0.5) is 0 Å². The van der Waals surface area contributed by atoms with Gasteiger partial charge in [-0.25, -0.2) is 0 Å². The molecule has 0 rings (SSSR count). The second-order valence-corrected chi connectivity index (χ2v) is 2.39. The van der Waals surface area contributed by atoms with E-state index >= 15 is 0 Å². The maximum atomic E-state index is 3.58. The average molecular weight is 148 g/mol. The number of hydrogen-bond donors (Lipinski definition) is 0. The van der Waals surface area contributed by atoms with E-state index in [9.17, 15) is 0 Å². The Kier molecular flexibility index (Phi) is 6.40. The van der Waals surface area contributed by atoms with Crippen molar-refractivity contribution in [1.82, 2.24) is 0 Å². The van der Waals surface area contributed by atoms with Crippen molar-refractivity contribution < 1.29 is 0 Å². The number of rotatable bonds is 4. The summed E-state index contributed by atoms with van der Waals surface area (Å²) in [4.78, 5) is 0. The van der Waals surface area contributed by atoms with Crippen molar-refractivity contribution in [2.24, 2.45) is 0 Å². The first kappa shape index (κ1) is 9.96. The van der Waals surface area contributed by atoms with Crippen LogP contribution in [0.1, 0.15) is 20.3 Å². The summed E-state index contributed by atoms with van der Waals surface area (Å²) in [6.07, 6.45) is 13.0. The molecule has 0 aliphatic carbocycles. The fraction of sp³-hybridized carbons (Fsp3) is 0.273. The molecule has 11 heavy (non-hydrogen) atoms. The van der Waals surface area contributed by atoms with Crippen LogP contribution < -0.4 is 0 Å². The second-order valence-electron chi connectivity index (χ2n) is 2.39. The summed E-state index contributed by atoms with van der Waals surface area (Å²) in [5.74, 6) is 0. The normalized spacial score (nSPS) is 13.1. The van der Waals surface area contributed by atoms with Gasteiger partial charge in [-0.15, -0.1) is 0 Å². The molecule has 0 aliphatic heterocycles. The predicted octanol–water partition coefficient (Wildman–Crippen LogP) is 3.64. The summed E-state index contributed by atoms with van der Waals surface area (Å²) >= 11 is 0. The lowest BCUT2D eigenvalue weighted by Gasteiger charge is -1.89. The number of hydrogen-bond acceptors (Lipinski definition) is 0. The Labute approximate surface area is 69.6 Å². The molecule has 0 N–H and O–H groups in total. The maximum Gasteiger partial charge on any atom is -0.0139 e. The largest absolute Gasteiger partial charge is 0.0991 e. The van der Waals surface area contributed by atoms with Gasteiger partial charge in [0.2, 0.25) is 0 Å². The zero-order valence-electron chi connectivity index (χ0n) is 7.38. The van der Waals surface area contributed by atoms with E-state index in [1.807, 2.05) is 18.2 Å². The third-order valence-electron chi connectivity index (χ3n) is 1.43. The van der Waals surface area contributed by atoms with Crippen molar-refractivity contribution >= 4 is 0 Å². The quantitative estimate of drug-likeness (QED) is 0.422. The van der Waals surface area contributed by atoms with E-state index in [0.29, 0.717) is 0 Å². The van der Waals surface area contributed by atoms with Gasteiger partial charge in [-0.3, -0.25) is 0 Å². The van der Waals surface area contributed by atoms with Crippen molar-refractivity contribution in [3.63, 3.8) is 0 Å². The Balaban J connectivity index is 3.60. The molecule has 0 aromatic rings. The van der Waals surface area contributed by atoms with Gasteiger partial charge in [-0.05, 0) is 20.3 Å². The molecule has 0 atom stereocenters. The van der Waals surface area contributed by atoms with Crippen LogP contribution in [0.15, 0.2) is 48.6 Å². The Hall–Kier alpha value is -1.04. The molecule has 0 saturated heterocycles. The highest BCUT2D eigenvalue weighted by atomic mass is 13.8. The van der Waals surface area contributed by atoms with Crippen LogP contribution in [0.3, 0.4) is 0 Å². The lowest BCUT2D eigenvalue weighted by molar-refractivity contribution is 1.20. The van der Waals surface area contributed by atoms with Gasteiger partial charge >= 0.3 is 0 Å². The minimum absolute atomic E-state index is 1.04. The minimum Gasteiger partial charge on any atom is -0.0991 e. The molecule has 0 saturated carbocycles. The highest BCUT2D eigenvalue weighted by Crippen LogP contribution is 1.99. The Morgan fingerprint density at radius 3 is 2.55 bits per heavy atom. The topological polar surface area (TPSA) is 0 Å². The molecular weight excluding hydrogens is 132 g/mol. The van der Waals surface area contributed by atoms with Gasteiger partial charge in [0.05, 0.1) is 0 Å². The maximum absolute atomic E-state index is 3.58. The molecule has 0 unspecified atom stereocenters. The van der Waals surface area contributed by atoms with Gasteiger partial charge in [0.15, 0.2) is 0 Å². The predicted molar refractivity (Wildman–Crippen MR) is 52.5 cm³/mol. The van der Waals surface area contributed by atoms with Crippen LogP contribution in [-0.4, -0.2) is 0 Å². The van der Waals surface area contributed by atoms with E-state index in [4.69, 9.17) is 0 Å². The van der Waals surface area contributed by atoms with Gasteiger partial charge < -0.3 is 0 Å². The molecule has 0 amide bonds. The van der Waals surface area contributed by atoms with Crippen molar-refractivity contribution in [2.45, 2.75) is 20.3 Å². The first-order valence-electron chi connectivity index (χ1n) is 3.87. The summed E-state index contributed by atoms with van der Waals surface area (Å²) in [5.41, 5.74) is 1.40. The Morgan fingerprint density at radius 1 is 1.27 bits per heavy atom. The molecule has 0 radical (unpaired) electrons. The van der Waals surface area contributed by atoms with Gasteiger partial charge in [0.1, 0.15) is 0 Å². The summed E-state index contributed by atoms with van der Waals surface area (Å²) in [6.45, 7) is 7.76. The van der Waals surface area contributed by atoms with E-state index in [2.05, 4.69) is 32.6 Å². The standard InChI is InChI=1S/C11H16/c1-4-6-7-8-9-10-11(3)5-2/h4-9H,1,10H2,2-3H3/b7-6-,9-8-,11-5+. The highest BCUT2D eigenvalue weighted by Gasteiger charge is 1.78. The molecule has 0 heterocycles. The summed E-state index contributed by atoms with van der Waals surface area (Å²) in [7, 11) is 0. The fourth-order valence-electron chi connectivity index (χ4n) is 0.593. The third-order valence-corrected chi connectivity index (χ3v) is 1.43. The van der Waals surface area contributed by atoms with Crippen LogP contribution in [0.25, 0.3) is 0 Å². The van der Waals surface area contributed by atoms with Crippen LogP contribution >= 0.6 is 0 Å². The third kappa shape index (κ3) is 6.85.